The van der Waals surface area contributed by atoms with Crippen LogP contribution in [0.15, 0.2) is 60.0 Å². The van der Waals surface area contributed by atoms with Crippen molar-refractivity contribution >= 4 is 57.9 Å². The van der Waals surface area contributed by atoms with Crippen LogP contribution < -0.4 is 10.2 Å². The Labute approximate surface area is 188 Å². The average Bonchev–Trinajstić information content (AvgIpc) is 3.28. The summed E-state index contributed by atoms with van der Waals surface area (Å²) in [7, 11) is 0. The lowest BCUT2D eigenvalue weighted by Gasteiger charge is -2.36. The molecule has 3 amide bonds. The zero-order valence-corrected chi connectivity index (χ0v) is 18.3. The first-order valence-corrected chi connectivity index (χ1v) is 11.1. The van der Waals surface area contributed by atoms with E-state index in [0.29, 0.717) is 40.2 Å². The summed E-state index contributed by atoms with van der Waals surface area (Å²) in [6.45, 7) is 1.75. The van der Waals surface area contributed by atoms with Crippen molar-refractivity contribution in [2.75, 3.05) is 23.3 Å². The zero-order valence-electron chi connectivity index (χ0n) is 16.0. The third kappa shape index (κ3) is 4.61. The lowest BCUT2D eigenvalue weighted by Crippen LogP contribution is -2.49. The Morgan fingerprint density at radius 2 is 1.90 bits per heavy atom. The number of nitrogens with one attached hydrogen (secondary N) is 1. The Hall–Kier alpha value is -2.54. The highest BCUT2D eigenvalue weighted by atomic mass is 35.5. The standard InChI is InChI=1S/C22H19Cl2N3O2S/c23-18-8-7-15(12-19(18)24)14-26-9-3-10-27(22(26)29)17-5-1-4-16(13-17)25-21(28)20-6-2-11-30-20/h1-2,4-8,11-13H,3,9-10,14H2,(H,25,28). The molecule has 2 aromatic carbocycles. The summed E-state index contributed by atoms with van der Waals surface area (Å²) in [5, 5.41) is 5.73. The van der Waals surface area contributed by atoms with Crippen LogP contribution >= 0.6 is 34.5 Å². The maximum absolute atomic E-state index is 13.1. The molecule has 0 saturated carbocycles. The normalized spacial score (nSPS) is 14.1. The fraction of sp³-hybridized carbons (Fsp3) is 0.182. The van der Waals surface area contributed by atoms with E-state index in [1.807, 2.05) is 41.8 Å². The van der Waals surface area contributed by atoms with Crippen molar-refractivity contribution in [1.29, 1.82) is 0 Å². The highest BCUT2D eigenvalue weighted by Crippen LogP contribution is 2.27. The Balaban J connectivity index is 1.48. The number of thiophene rings is 1. The molecule has 5 nitrogen and oxygen atoms in total. The van der Waals surface area contributed by atoms with Gasteiger partial charge in [0.1, 0.15) is 0 Å². The van der Waals surface area contributed by atoms with Crippen LogP contribution in [0.25, 0.3) is 0 Å². The third-order valence-electron chi connectivity index (χ3n) is 4.83. The molecular formula is C22H19Cl2N3O2S. The number of halogens is 2. The molecule has 0 spiro atoms. The highest BCUT2D eigenvalue weighted by molar-refractivity contribution is 7.12. The van der Waals surface area contributed by atoms with Gasteiger partial charge in [0.2, 0.25) is 0 Å². The van der Waals surface area contributed by atoms with Crippen molar-refractivity contribution in [3.05, 3.63) is 80.5 Å². The molecule has 8 heteroatoms. The maximum Gasteiger partial charge on any atom is 0.324 e. The lowest BCUT2D eigenvalue weighted by molar-refractivity contribution is 0.103. The highest BCUT2D eigenvalue weighted by Gasteiger charge is 2.27. The van der Waals surface area contributed by atoms with Crippen LogP contribution in [0.5, 0.6) is 0 Å². The van der Waals surface area contributed by atoms with Crippen molar-refractivity contribution in [2.45, 2.75) is 13.0 Å². The molecule has 0 unspecified atom stereocenters. The first-order chi connectivity index (χ1) is 14.5. The van der Waals surface area contributed by atoms with Gasteiger partial charge in [-0.25, -0.2) is 4.79 Å². The molecule has 1 fully saturated rings. The molecule has 2 heterocycles. The monoisotopic (exact) mass is 459 g/mol. The number of urea groups is 1. The Morgan fingerprint density at radius 1 is 1.03 bits per heavy atom. The number of rotatable bonds is 5. The van der Waals surface area contributed by atoms with Crippen LogP contribution in [0.4, 0.5) is 16.2 Å². The second-order valence-corrected chi connectivity index (χ2v) is 8.70. The molecule has 1 aliphatic rings. The summed E-state index contributed by atoms with van der Waals surface area (Å²) in [5.41, 5.74) is 2.33. The quantitative estimate of drug-likeness (QED) is 0.497. The van der Waals surface area contributed by atoms with Crippen LogP contribution in [0.2, 0.25) is 10.0 Å². The fourth-order valence-corrected chi connectivity index (χ4v) is 4.32. The van der Waals surface area contributed by atoms with Crippen LogP contribution in [-0.2, 0) is 6.54 Å². The number of carbonyl (C=O) groups excluding carboxylic acids is 2. The summed E-state index contributed by atoms with van der Waals surface area (Å²) in [5.74, 6) is -0.159. The van der Waals surface area contributed by atoms with Gasteiger partial charge in [-0.2, -0.15) is 0 Å². The van der Waals surface area contributed by atoms with Crippen molar-refractivity contribution in [3.8, 4) is 0 Å². The number of hydrogen-bond acceptors (Lipinski definition) is 3. The van der Waals surface area contributed by atoms with Crippen molar-refractivity contribution in [3.63, 3.8) is 0 Å². The lowest BCUT2D eigenvalue weighted by atomic mass is 10.1. The van der Waals surface area contributed by atoms with Gasteiger partial charge >= 0.3 is 6.03 Å². The minimum absolute atomic E-state index is 0.0749. The van der Waals surface area contributed by atoms with Crippen molar-refractivity contribution in [2.24, 2.45) is 0 Å². The predicted molar refractivity (Wildman–Crippen MR) is 123 cm³/mol. The van der Waals surface area contributed by atoms with Gasteiger partial charge < -0.3 is 10.2 Å². The number of nitrogens with zero attached hydrogens (tertiary/aromatic N) is 2. The van der Waals surface area contributed by atoms with E-state index >= 15 is 0 Å². The number of amides is 3. The Morgan fingerprint density at radius 3 is 2.67 bits per heavy atom. The molecule has 1 N–H and O–H groups in total. The van der Waals surface area contributed by atoms with Gasteiger partial charge in [0.05, 0.1) is 14.9 Å². The molecule has 1 aromatic heterocycles. The number of anilines is 2. The van der Waals surface area contributed by atoms with Gasteiger partial charge in [0.15, 0.2) is 0 Å². The van der Waals surface area contributed by atoms with Gasteiger partial charge in [-0.15, -0.1) is 11.3 Å². The van der Waals surface area contributed by atoms with Crippen molar-refractivity contribution in [1.82, 2.24) is 4.90 Å². The van der Waals surface area contributed by atoms with E-state index in [4.69, 9.17) is 23.2 Å². The van der Waals surface area contributed by atoms with E-state index < -0.39 is 0 Å². The van der Waals surface area contributed by atoms with E-state index in [9.17, 15) is 9.59 Å². The van der Waals surface area contributed by atoms with Crippen LogP contribution in [0.3, 0.4) is 0 Å². The zero-order chi connectivity index (χ0) is 21.1. The van der Waals surface area contributed by atoms with E-state index in [1.54, 1.807) is 28.0 Å². The Kier molecular flexibility index (Phi) is 6.27. The first kappa shape index (κ1) is 20.7. The van der Waals surface area contributed by atoms with Gasteiger partial charge in [-0.05, 0) is 53.8 Å². The summed E-state index contributed by atoms with van der Waals surface area (Å²) >= 11 is 13.5. The molecule has 0 bridgehead atoms. The summed E-state index contributed by atoms with van der Waals surface area (Å²) in [4.78, 5) is 29.6. The predicted octanol–water partition coefficient (Wildman–Crippen LogP) is 6.14. The minimum atomic E-state index is -0.159. The molecular weight excluding hydrogens is 441 g/mol. The summed E-state index contributed by atoms with van der Waals surface area (Å²) < 4.78 is 0. The molecule has 3 aromatic rings. The van der Waals surface area contributed by atoms with E-state index in [1.165, 1.54) is 11.3 Å². The van der Waals surface area contributed by atoms with Crippen LogP contribution in [0, 0.1) is 0 Å². The Bertz CT molecular complexity index is 1070. The van der Waals surface area contributed by atoms with Gasteiger partial charge in [-0.1, -0.05) is 41.4 Å². The van der Waals surface area contributed by atoms with E-state index in [0.717, 1.165) is 17.7 Å². The summed E-state index contributed by atoms with van der Waals surface area (Å²) in [6.07, 6.45) is 0.846. The number of hydrogen-bond donors (Lipinski definition) is 1. The average molecular weight is 460 g/mol. The third-order valence-corrected chi connectivity index (χ3v) is 6.44. The molecule has 154 valence electrons. The van der Waals surface area contributed by atoms with Gasteiger partial charge in [0, 0.05) is 31.0 Å². The van der Waals surface area contributed by atoms with E-state index in [2.05, 4.69) is 5.32 Å². The smallest absolute Gasteiger partial charge is 0.321 e. The minimum Gasteiger partial charge on any atom is -0.321 e. The van der Waals surface area contributed by atoms with Gasteiger partial charge in [-0.3, -0.25) is 9.69 Å². The summed E-state index contributed by atoms with van der Waals surface area (Å²) in [6, 6.07) is 16.3. The molecule has 0 radical (unpaired) electrons. The SMILES string of the molecule is O=C(Nc1cccc(N2CCCN(Cc3ccc(Cl)c(Cl)c3)C2=O)c1)c1cccs1. The largest absolute Gasteiger partial charge is 0.324 e. The molecule has 0 aliphatic carbocycles. The topological polar surface area (TPSA) is 52.7 Å². The first-order valence-electron chi connectivity index (χ1n) is 9.46. The molecule has 0 atom stereocenters. The second-order valence-electron chi connectivity index (χ2n) is 6.94. The van der Waals surface area contributed by atoms with Crippen molar-refractivity contribution < 1.29 is 9.59 Å². The molecule has 4 rings (SSSR count). The maximum atomic E-state index is 13.1. The van der Waals surface area contributed by atoms with E-state index in [-0.39, 0.29) is 11.9 Å². The fourth-order valence-electron chi connectivity index (χ4n) is 3.38. The second kappa shape index (κ2) is 9.08. The molecule has 1 aliphatic heterocycles. The van der Waals surface area contributed by atoms with Gasteiger partial charge in [0.25, 0.3) is 5.91 Å². The number of carbonyl (C=O) groups is 2. The molecule has 30 heavy (non-hydrogen) atoms. The number of benzene rings is 2. The van der Waals surface area contributed by atoms with Crippen LogP contribution in [-0.4, -0.2) is 29.9 Å². The molecule has 1 saturated heterocycles. The van der Waals surface area contributed by atoms with Crippen LogP contribution in [0.1, 0.15) is 21.7 Å².